The van der Waals surface area contributed by atoms with Crippen molar-refractivity contribution in [3.8, 4) is 0 Å². The van der Waals surface area contributed by atoms with Crippen molar-refractivity contribution in [1.82, 2.24) is 0 Å². The molecule has 0 saturated carbocycles. The van der Waals surface area contributed by atoms with Crippen LogP contribution in [0.15, 0.2) is 17.0 Å². The van der Waals surface area contributed by atoms with Crippen LogP contribution in [-0.4, -0.2) is 14.2 Å². The van der Waals surface area contributed by atoms with Gasteiger partial charge in [-0.2, -0.15) is 0 Å². The number of rotatable bonds is 5. The van der Waals surface area contributed by atoms with Crippen LogP contribution >= 0.6 is 0 Å². The van der Waals surface area contributed by atoms with Gasteiger partial charge in [0.25, 0.3) is 0 Å². The van der Waals surface area contributed by atoms with Gasteiger partial charge < -0.3 is 0 Å². The van der Waals surface area contributed by atoms with Crippen LogP contribution in [0.4, 0.5) is 0 Å². The van der Waals surface area contributed by atoms with Crippen molar-refractivity contribution in [2.24, 2.45) is 5.14 Å². The Morgan fingerprint density at radius 3 is 2.68 bits per heavy atom. The summed E-state index contributed by atoms with van der Waals surface area (Å²) >= 11 is 0. The smallest absolute Gasteiger partial charge is 0.238 e. The SMILES string of the molecule is CCCCC(=O)c1cc2c(c(S(N)(=O)=O)c1)CCC2. The number of unbranched alkanes of at least 4 members (excludes halogenated alkanes) is 1. The average molecular weight is 281 g/mol. The maximum atomic E-state index is 12.0. The summed E-state index contributed by atoms with van der Waals surface area (Å²) in [6, 6.07) is 3.30. The molecule has 0 heterocycles. The van der Waals surface area contributed by atoms with Crippen LogP contribution in [0.1, 0.15) is 54.1 Å². The van der Waals surface area contributed by atoms with E-state index in [0.717, 1.165) is 43.2 Å². The fraction of sp³-hybridized carbons (Fsp3) is 0.500. The van der Waals surface area contributed by atoms with Crippen molar-refractivity contribution in [1.29, 1.82) is 0 Å². The second-order valence-electron chi connectivity index (χ2n) is 5.04. The normalized spacial score (nSPS) is 14.4. The van der Waals surface area contributed by atoms with Gasteiger partial charge in [0.1, 0.15) is 0 Å². The molecule has 0 unspecified atom stereocenters. The Morgan fingerprint density at radius 1 is 1.32 bits per heavy atom. The van der Waals surface area contributed by atoms with Crippen LogP contribution in [0.5, 0.6) is 0 Å². The predicted molar refractivity (Wildman–Crippen MR) is 73.7 cm³/mol. The third kappa shape index (κ3) is 3.04. The molecule has 1 aliphatic rings. The Balaban J connectivity index is 2.45. The van der Waals surface area contributed by atoms with Crippen LogP contribution in [0, 0.1) is 0 Å². The number of hydrogen-bond donors (Lipinski definition) is 1. The highest BCUT2D eigenvalue weighted by Gasteiger charge is 2.23. The van der Waals surface area contributed by atoms with Gasteiger partial charge in [0, 0.05) is 12.0 Å². The first-order valence-corrected chi connectivity index (χ1v) is 8.20. The average Bonchev–Trinajstić information content (AvgIpc) is 2.81. The van der Waals surface area contributed by atoms with E-state index in [2.05, 4.69) is 0 Å². The van der Waals surface area contributed by atoms with Crippen molar-refractivity contribution >= 4 is 15.8 Å². The molecule has 0 aromatic heterocycles. The molecule has 4 nitrogen and oxygen atoms in total. The number of carbonyl (C=O) groups is 1. The minimum absolute atomic E-state index is 0.00134. The van der Waals surface area contributed by atoms with Gasteiger partial charge in [-0.1, -0.05) is 13.3 Å². The molecular weight excluding hydrogens is 262 g/mol. The standard InChI is InChI=1S/C14H19NO3S/c1-2-3-7-13(16)11-8-10-5-4-6-12(10)14(9-11)19(15,17)18/h8-9H,2-7H2,1H3,(H2,15,17,18). The summed E-state index contributed by atoms with van der Waals surface area (Å²) in [6.07, 6.45) is 4.69. The van der Waals surface area contributed by atoms with Gasteiger partial charge in [-0.05, 0) is 48.9 Å². The molecule has 1 aromatic rings. The van der Waals surface area contributed by atoms with Crippen molar-refractivity contribution in [3.05, 3.63) is 28.8 Å². The van der Waals surface area contributed by atoms with E-state index in [0.29, 0.717) is 12.0 Å². The Bertz CT molecular complexity index is 605. The fourth-order valence-electron chi connectivity index (χ4n) is 2.56. The minimum atomic E-state index is -3.76. The third-order valence-electron chi connectivity index (χ3n) is 3.56. The number of hydrogen-bond acceptors (Lipinski definition) is 3. The van der Waals surface area contributed by atoms with Crippen molar-refractivity contribution in [2.75, 3.05) is 0 Å². The van der Waals surface area contributed by atoms with Gasteiger partial charge in [0.15, 0.2) is 5.78 Å². The third-order valence-corrected chi connectivity index (χ3v) is 4.54. The highest BCUT2D eigenvalue weighted by molar-refractivity contribution is 7.89. The number of ketones is 1. The molecule has 2 rings (SSSR count). The van der Waals surface area contributed by atoms with E-state index in [1.807, 2.05) is 13.0 Å². The van der Waals surface area contributed by atoms with E-state index in [1.165, 1.54) is 6.07 Å². The van der Waals surface area contributed by atoms with Crippen molar-refractivity contribution in [3.63, 3.8) is 0 Å². The lowest BCUT2D eigenvalue weighted by molar-refractivity contribution is 0.0979. The summed E-state index contributed by atoms with van der Waals surface area (Å²) in [5, 5.41) is 5.26. The zero-order chi connectivity index (χ0) is 14.0. The fourth-order valence-corrected chi connectivity index (χ4v) is 3.43. The molecule has 19 heavy (non-hydrogen) atoms. The first-order valence-electron chi connectivity index (χ1n) is 6.65. The van der Waals surface area contributed by atoms with Gasteiger partial charge in [-0.15, -0.1) is 0 Å². The van der Waals surface area contributed by atoms with E-state index in [-0.39, 0.29) is 10.7 Å². The number of Topliss-reactive ketones (excluding diaryl/α,β-unsaturated/α-hetero) is 1. The number of primary sulfonamides is 1. The number of fused-ring (bicyclic) bond motifs is 1. The molecule has 1 aromatic carbocycles. The van der Waals surface area contributed by atoms with Crippen molar-refractivity contribution < 1.29 is 13.2 Å². The Hall–Kier alpha value is -1.20. The molecule has 0 spiro atoms. The van der Waals surface area contributed by atoms with Crippen LogP contribution in [0.25, 0.3) is 0 Å². The lowest BCUT2D eigenvalue weighted by Gasteiger charge is -2.09. The predicted octanol–water partition coefficient (Wildman–Crippen LogP) is 2.20. The summed E-state index contributed by atoms with van der Waals surface area (Å²) in [5.41, 5.74) is 2.25. The Labute approximate surface area is 114 Å². The van der Waals surface area contributed by atoms with Gasteiger partial charge >= 0.3 is 0 Å². The minimum Gasteiger partial charge on any atom is -0.294 e. The molecule has 0 amide bonds. The lowest BCUT2D eigenvalue weighted by Crippen LogP contribution is -2.16. The first-order chi connectivity index (χ1) is 8.93. The second kappa shape index (κ2) is 5.43. The highest BCUT2D eigenvalue weighted by atomic mass is 32.2. The summed E-state index contributed by atoms with van der Waals surface area (Å²) in [6.45, 7) is 2.02. The molecule has 0 atom stereocenters. The number of nitrogens with two attached hydrogens (primary N) is 1. The zero-order valence-electron chi connectivity index (χ0n) is 11.1. The summed E-state index contributed by atoms with van der Waals surface area (Å²) < 4.78 is 23.3. The largest absolute Gasteiger partial charge is 0.294 e. The topological polar surface area (TPSA) is 77.2 Å². The number of carbonyl (C=O) groups excluding carboxylic acids is 1. The van der Waals surface area contributed by atoms with E-state index in [9.17, 15) is 13.2 Å². The van der Waals surface area contributed by atoms with Crippen LogP contribution in [0.2, 0.25) is 0 Å². The molecule has 0 saturated heterocycles. The zero-order valence-corrected chi connectivity index (χ0v) is 11.9. The van der Waals surface area contributed by atoms with Gasteiger partial charge in [0.05, 0.1) is 4.90 Å². The second-order valence-corrected chi connectivity index (χ2v) is 6.57. The van der Waals surface area contributed by atoms with Gasteiger partial charge in [-0.3, -0.25) is 4.79 Å². The molecule has 0 radical (unpaired) electrons. The number of aryl methyl sites for hydroxylation is 1. The molecule has 5 heteroatoms. The number of benzene rings is 1. The van der Waals surface area contributed by atoms with Gasteiger partial charge in [-0.25, -0.2) is 13.6 Å². The molecule has 0 bridgehead atoms. The van der Waals surface area contributed by atoms with Crippen LogP contribution in [-0.2, 0) is 22.9 Å². The summed E-state index contributed by atoms with van der Waals surface area (Å²) in [5.74, 6) is 0.00134. The molecular formula is C14H19NO3S. The van der Waals surface area contributed by atoms with E-state index >= 15 is 0 Å². The monoisotopic (exact) mass is 281 g/mol. The molecule has 2 N–H and O–H groups in total. The van der Waals surface area contributed by atoms with E-state index < -0.39 is 10.0 Å². The maximum absolute atomic E-state index is 12.0. The summed E-state index contributed by atoms with van der Waals surface area (Å²) in [7, 11) is -3.76. The molecule has 0 fully saturated rings. The highest BCUT2D eigenvalue weighted by Crippen LogP contribution is 2.30. The summed E-state index contributed by atoms with van der Waals surface area (Å²) in [4.78, 5) is 12.2. The van der Waals surface area contributed by atoms with Crippen LogP contribution < -0.4 is 5.14 Å². The quantitative estimate of drug-likeness (QED) is 0.840. The Morgan fingerprint density at radius 2 is 2.05 bits per heavy atom. The molecule has 1 aliphatic carbocycles. The Kier molecular flexibility index (Phi) is 4.06. The van der Waals surface area contributed by atoms with E-state index in [4.69, 9.17) is 5.14 Å². The van der Waals surface area contributed by atoms with E-state index in [1.54, 1.807) is 0 Å². The van der Waals surface area contributed by atoms with Crippen LogP contribution in [0.3, 0.4) is 0 Å². The molecule has 104 valence electrons. The van der Waals surface area contributed by atoms with Crippen molar-refractivity contribution in [2.45, 2.75) is 50.3 Å². The van der Waals surface area contributed by atoms with Gasteiger partial charge in [0.2, 0.25) is 10.0 Å². The maximum Gasteiger partial charge on any atom is 0.238 e. The first kappa shape index (κ1) is 14.2. The number of sulfonamides is 1. The molecule has 0 aliphatic heterocycles. The lowest BCUT2D eigenvalue weighted by atomic mass is 10.0.